The molecule has 0 atom stereocenters. The maximum Gasteiger partial charge on any atom is 0.212 e. The zero-order chi connectivity index (χ0) is 12.5. The van der Waals surface area contributed by atoms with Crippen molar-refractivity contribution in [3.8, 4) is 0 Å². The van der Waals surface area contributed by atoms with Crippen LogP contribution in [0.5, 0.6) is 0 Å². The van der Waals surface area contributed by atoms with Crippen LogP contribution in [0.25, 0.3) is 4.96 Å². The second kappa shape index (κ2) is 4.68. The zero-order valence-corrected chi connectivity index (χ0v) is 11.1. The van der Waals surface area contributed by atoms with Gasteiger partial charge in [0.05, 0.1) is 5.69 Å². The van der Waals surface area contributed by atoms with Crippen LogP contribution < -0.4 is 5.73 Å². The number of hydrogen-bond acceptors (Lipinski definition) is 4. The maximum absolute atomic E-state index is 5.85. The number of aromatic nitrogens is 3. The van der Waals surface area contributed by atoms with E-state index in [1.165, 1.54) is 0 Å². The van der Waals surface area contributed by atoms with Crippen LogP contribution in [0.2, 0.25) is 5.02 Å². The van der Waals surface area contributed by atoms with Crippen molar-refractivity contribution in [1.82, 2.24) is 14.6 Å². The zero-order valence-electron chi connectivity index (χ0n) is 9.51. The SMILES string of the molecule is NCc1csc2nc(Cc3ccc(Cl)cc3)nn12. The summed E-state index contributed by atoms with van der Waals surface area (Å²) in [4.78, 5) is 5.37. The van der Waals surface area contributed by atoms with Crippen molar-refractivity contribution in [3.05, 3.63) is 51.7 Å². The molecule has 18 heavy (non-hydrogen) atoms. The van der Waals surface area contributed by atoms with Crippen molar-refractivity contribution in [2.75, 3.05) is 0 Å². The molecule has 0 fully saturated rings. The fourth-order valence-electron chi connectivity index (χ4n) is 1.77. The Morgan fingerprint density at radius 2 is 2.06 bits per heavy atom. The standard InChI is InChI=1S/C12H11ClN4S/c13-9-3-1-8(2-4-9)5-11-15-12-17(16-11)10(6-14)7-18-12/h1-4,7H,5-6,14H2. The van der Waals surface area contributed by atoms with Gasteiger partial charge in [-0.1, -0.05) is 23.7 Å². The van der Waals surface area contributed by atoms with E-state index in [-0.39, 0.29) is 0 Å². The van der Waals surface area contributed by atoms with Gasteiger partial charge in [-0.05, 0) is 17.7 Å². The smallest absolute Gasteiger partial charge is 0.212 e. The summed E-state index contributed by atoms with van der Waals surface area (Å²) in [6.07, 6.45) is 0.704. The van der Waals surface area contributed by atoms with Crippen LogP contribution >= 0.6 is 22.9 Å². The summed E-state index contributed by atoms with van der Waals surface area (Å²) in [5, 5.41) is 7.19. The summed E-state index contributed by atoms with van der Waals surface area (Å²) >= 11 is 7.41. The molecule has 0 aliphatic rings. The fraction of sp³-hybridized carbons (Fsp3) is 0.167. The topological polar surface area (TPSA) is 56.2 Å². The third-order valence-corrected chi connectivity index (χ3v) is 3.80. The van der Waals surface area contributed by atoms with E-state index < -0.39 is 0 Å². The lowest BCUT2D eigenvalue weighted by molar-refractivity contribution is 0.837. The lowest BCUT2D eigenvalue weighted by atomic mass is 10.1. The largest absolute Gasteiger partial charge is 0.325 e. The molecule has 0 amide bonds. The van der Waals surface area contributed by atoms with Gasteiger partial charge in [-0.3, -0.25) is 0 Å². The van der Waals surface area contributed by atoms with E-state index in [0.717, 1.165) is 27.1 Å². The first-order valence-corrected chi connectivity index (χ1v) is 6.78. The average molecular weight is 279 g/mol. The molecule has 92 valence electrons. The number of thiazole rings is 1. The van der Waals surface area contributed by atoms with Gasteiger partial charge in [-0.2, -0.15) is 0 Å². The Hall–Kier alpha value is -1.43. The van der Waals surface area contributed by atoms with Crippen molar-refractivity contribution in [3.63, 3.8) is 0 Å². The molecular weight excluding hydrogens is 268 g/mol. The molecule has 1 aromatic carbocycles. The lowest BCUT2D eigenvalue weighted by Gasteiger charge is -1.97. The van der Waals surface area contributed by atoms with Gasteiger partial charge in [0, 0.05) is 23.4 Å². The van der Waals surface area contributed by atoms with Gasteiger partial charge in [0.15, 0.2) is 5.82 Å². The van der Waals surface area contributed by atoms with Crippen LogP contribution in [-0.2, 0) is 13.0 Å². The van der Waals surface area contributed by atoms with Crippen LogP contribution in [0, 0.1) is 0 Å². The van der Waals surface area contributed by atoms with E-state index in [1.54, 1.807) is 11.3 Å². The van der Waals surface area contributed by atoms with Gasteiger partial charge in [0.2, 0.25) is 4.96 Å². The molecule has 2 heterocycles. The minimum atomic E-state index is 0.476. The fourth-order valence-corrected chi connectivity index (χ4v) is 2.75. The molecule has 3 aromatic rings. The summed E-state index contributed by atoms with van der Waals surface area (Å²) < 4.78 is 1.82. The summed E-state index contributed by atoms with van der Waals surface area (Å²) in [5.74, 6) is 0.805. The molecule has 0 spiro atoms. The highest BCUT2D eigenvalue weighted by molar-refractivity contribution is 7.15. The van der Waals surface area contributed by atoms with Gasteiger partial charge >= 0.3 is 0 Å². The molecule has 0 radical (unpaired) electrons. The number of nitrogens with two attached hydrogens (primary N) is 1. The molecule has 0 saturated carbocycles. The van der Waals surface area contributed by atoms with Gasteiger partial charge in [-0.15, -0.1) is 16.4 Å². The molecule has 4 nitrogen and oxygen atoms in total. The molecule has 0 bridgehead atoms. The van der Waals surface area contributed by atoms with Crippen LogP contribution in [-0.4, -0.2) is 14.6 Å². The van der Waals surface area contributed by atoms with Crippen molar-refractivity contribution in [2.45, 2.75) is 13.0 Å². The number of hydrogen-bond donors (Lipinski definition) is 1. The van der Waals surface area contributed by atoms with E-state index in [9.17, 15) is 0 Å². The normalized spacial score (nSPS) is 11.2. The molecule has 2 aromatic heterocycles. The molecule has 0 aliphatic carbocycles. The average Bonchev–Trinajstić information content (AvgIpc) is 2.91. The quantitative estimate of drug-likeness (QED) is 0.801. The number of nitrogens with zero attached hydrogens (tertiary/aromatic N) is 3. The van der Waals surface area contributed by atoms with E-state index in [1.807, 2.05) is 34.2 Å². The second-order valence-electron chi connectivity index (χ2n) is 3.96. The lowest BCUT2D eigenvalue weighted by Crippen LogP contribution is -2.01. The van der Waals surface area contributed by atoms with Gasteiger partial charge in [0.25, 0.3) is 0 Å². The van der Waals surface area contributed by atoms with Crippen LogP contribution in [0.1, 0.15) is 17.1 Å². The summed E-state index contributed by atoms with van der Waals surface area (Å²) in [6, 6.07) is 7.73. The Labute approximate surface area is 113 Å². The molecular formula is C12H11ClN4S. The van der Waals surface area contributed by atoms with Gasteiger partial charge in [0.1, 0.15) is 0 Å². The number of fused-ring (bicyclic) bond motifs is 1. The van der Waals surface area contributed by atoms with E-state index >= 15 is 0 Å². The maximum atomic E-state index is 5.85. The highest BCUT2D eigenvalue weighted by Gasteiger charge is 2.09. The molecule has 3 rings (SSSR count). The third kappa shape index (κ3) is 2.12. The summed E-state index contributed by atoms with van der Waals surface area (Å²) in [5.41, 5.74) is 7.78. The third-order valence-electron chi connectivity index (χ3n) is 2.68. The Balaban J connectivity index is 1.90. The first kappa shape index (κ1) is 11.6. The molecule has 2 N–H and O–H groups in total. The van der Waals surface area contributed by atoms with E-state index in [4.69, 9.17) is 17.3 Å². The first-order valence-electron chi connectivity index (χ1n) is 5.53. The van der Waals surface area contributed by atoms with Crippen molar-refractivity contribution in [1.29, 1.82) is 0 Å². The van der Waals surface area contributed by atoms with Gasteiger partial charge in [-0.25, -0.2) is 9.50 Å². The molecule has 6 heteroatoms. The second-order valence-corrected chi connectivity index (χ2v) is 5.23. The van der Waals surface area contributed by atoms with Crippen LogP contribution in [0.4, 0.5) is 0 Å². The number of rotatable bonds is 3. The Bertz CT molecular complexity index is 671. The molecule has 0 saturated heterocycles. The molecule has 0 unspecified atom stereocenters. The van der Waals surface area contributed by atoms with Crippen molar-refractivity contribution < 1.29 is 0 Å². The Morgan fingerprint density at radius 3 is 2.78 bits per heavy atom. The van der Waals surface area contributed by atoms with Gasteiger partial charge < -0.3 is 5.73 Å². The van der Waals surface area contributed by atoms with Crippen LogP contribution in [0.3, 0.4) is 0 Å². The Kier molecular flexibility index (Phi) is 3.03. The Morgan fingerprint density at radius 1 is 1.28 bits per heavy atom. The monoisotopic (exact) mass is 278 g/mol. The number of benzene rings is 1. The van der Waals surface area contributed by atoms with Crippen LogP contribution in [0.15, 0.2) is 29.6 Å². The van der Waals surface area contributed by atoms with Crippen molar-refractivity contribution in [2.24, 2.45) is 5.73 Å². The van der Waals surface area contributed by atoms with E-state index in [2.05, 4.69) is 10.1 Å². The first-order chi connectivity index (χ1) is 8.76. The number of halogens is 1. The predicted molar refractivity (Wildman–Crippen MR) is 73.0 cm³/mol. The predicted octanol–water partition coefficient (Wildman–Crippen LogP) is 2.49. The minimum absolute atomic E-state index is 0.476. The minimum Gasteiger partial charge on any atom is -0.325 e. The van der Waals surface area contributed by atoms with E-state index in [0.29, 0.717) is 13.0 Å². The van der Waals surface area contributed by atoms with Crippen molar-refractivity contribution >= 4 is 27.9 Å². The molecule has 0 aliphatic heterocycles. The highest BCUT2D eigenvalue weighted by Crippen LogP contribution is 2.16. The summed E-state index contributed by atoms with van der Waals surface area (Å²) in [6.45, 7) is 0.476. The summed E-state index contributed by atoms with van der Waals surface area (Å²) in [7, 11) is 0. The highest BCUT2D eigenvalue weighted by atomic mass is 35.5.